The highest BCUT2D eigenvalue weighted by molar-refractivity contribution is 6.30. The van der Waals surface area contributed by atoms with Crippen LogP contribution < -0.4 is 10.1 Å². The molecule has 114 valence electrons. The van der Waals surface area contributed by atoms with Gasteiger partial charge in [-0.2, -0.15) is 0 Å². The van der Waals surface area contributed by atoms with Crippen LogP contribution in [0.4, 0.5) is 0 Å². The first-order valence-electron chi connectivity index (χ1n) is 7.31. The van der Waals surface area contributed by atoms with Crippen LogP contribution in [0.5, 0.6) is 5.75 Å². The molecule has 20 heavy (non-hydrogen) atoms. The molecule has 3 atom stereocenters. The summed E-state index contributed by atoms with van der Waals surface area (Å²) in [6.45, 7) is 7.40. The molecule has 1 aromatic carbocycles. The molecule has 3 unspecified atom stereocenters. The van der Waals surface area contributed by atoms with Crippen molar-refractivity contribution in [3.63, 3.8) is 0 Å². The Morgan fingerprint density at radius 3 is 2.75 bits per heavy atom. The maximum atomic E-state index is 9.90. The van der Waals surface area contributed by atoms with Gasteiger partial charge in [-0.1, -0.05) is 37.9 Å². The van der Waals surface area contributed by atoms with Gasteiger partial charge in [0.2, 0.25) is 0 Å². The second-order valence-electron chi connectivity index (χ2n) is 5.48. The van der Waals surface area contributed by atoms with Gasteiger partial charge in [0.1, 0.15) is 18.5 Å². The number of aliphatic hydroxyl groups is 1. The van der Waals surface area contributed by atoms with Crippen LogP contribution in [0, 0.1) is 5.92 Å². The van der Waals surface area contributed by atoms with Crippen LogP contribution >= 0.6 is 11.6 Å². The van der Waals surface area contributed by atoms with Crippen molar-refractivity contribution in [2.45, 2.75) is 45.8 Å². The lowest BCUT2D eigenvalue weighted by atomic mass is 10.0. The zero-order chi connectivity index (χ0) is 15.0. The largest absolute Gasteiger partial charge is 0.491 e. The third-order valence-electron chi connectivity index (χ3n) is 3.39. The molecule has 3 nitrogen and oxygen atoms in total. The summed E-state index contributed by atoms with van der Waals surface area (Å²) in [6, 6.07) is 7.61. The van der Waals surface area contributed by atoms with E-state index in [4.69, 9.17) is 16.3 Å². The monoisotopic (exact) mass is 299 g/mol. The second kappa shape index (κ2) is 9.22. The lowest BCUT2D eigenvalue weighted by molar-refractivity contribution is 0.103. The quantitative estimate of drug-likeness (QED) is 0.733. The molecule has 0 saturated carbocycles. The van der Waals surface area contributed by atoms with Crippen molar-refractivity contribution in [3.8, 4) is 5.75 Å². The average Bonchev–Trinajstić information content (AvgIpc) is 2.42. The van der Waals surface area contributed by atoms with Gasteiger partial charge >= 0.3 is 0 Å². The lowest BCUT2D eigenvalue weighted by Crippen LogP contribution is -2.37. The van der Waals surface area contributed by atoms with Gasteiger partial charge in [-0.15, -0.1) is 0 Å². The summed E-state index contributed by atoms with van der Waals surface area (Å²) in [5, 5.41) is 13.9. The number of hydrogen-bond acceptors (Lipinski definition) is 3. The third-order valence-corrected chi connectivity index (χ3v) is 3.63. The van der Waals surface area contributed by atoms with Gasteiger partial charge in [0.25, 0.3) is 0 Å². The van der Waals surface area contributed by atoms with Crippen LogP contribution in [0.25, 0.3) is 0 Å². The molecular weight excluding hydrogens is 274 g/mol. The molecule has 0 amide bonds. The summed E-state index contributed by atoms with van der Waals surface area (Å²) >= 11 is 5.87. The Morgan fingerprint density at radius 2 is 2.10 bits per heavy atom. The van der Waals surface area contributed by atoms with Gasteiger partial charge < -0.3 is 15.2 Å². The molecule has 0 aliphatic carbocycles. The number of benzene rings is 1. The fourth-order valence-corrected chi connectivity index (χ4v) is 2.18. The maximum absolute atomic E-state index is 9.90. The molecule has 0 saturated heterocycles. The van der Waals surface area contributed by atoms with Gasteiger partial charge in [0.05, 0.1) is 0 Å². The van der Waals surface area contributed by atoms with E-state index < -0.39 is 6.10 Å². The highest BCUT2D eigenvalue weighted by Gasteiger charge is 2.10. The summed E-state index contributed by atoms with van der Waals surface area (Å²) in [5.74, 6) is 1.39. The Kier molecular flexibility index (Phi) is 7.97. The molecule has 0 bridgehead atoms. The van der Waals surface area contributed by atoms with Crippen molar-refractivity contribution in [2.24, 2.45) is 5.92 Å². The highest BCUT2D eigenvalue weighted by Crippen LogP contribution is 2.17. The predicted octanol–water partition coefficient (Wildman–Crippen LogP) is 3.49. The summed E-state index contributed by atoms with van der Waals surface area (Å²) in [5.41, 5.74) is 0. The van der Waals surface area contributed by atoms with Crippen LogP contribution in [0.15, 0.2) is 24.3 Å². The van der Waals surface area contributed by atoms with Crippen molar-refractivity contribution < 1.29 is 9.84 Å². The fraction of sp³-hybridized carbons (Fsp3) is 0.625. The maximum Gasteiger partial charge on any atom is 0.120 e. The molecule has 0 aromatic heterocycles. The van der Waals surface area contributed by atoms with E-state index in [1.807, 2.05) is 12.1 Å². The normalized spacial score (nSPS) is 15.7. The number of hydrogen-bond donors (Lipinski definition) is 2. The standard InChI is InChI=1S/C16H26ClNO2/c1-4-12(2)8-13(3)18-10-15(19)11-20-16-7-5-6-14(17)9-16/h5-7,9,12-13,15,18-19H,4,8,10-11H2,1-3H3. The van der Waals surface area contributed by atoms with E-state index in [-0.39, 0.29) is 6.61 Å². The van der Waals surface area contributed by atoms with Crippen LogP contribution in [0.2, 0.25) is 5.02 Å². The van der Waals surface area contributed by atoms with E-state index in [2.05, 4.69) is 26.1 Å². The van der Waals surface area contributed by atoms with E-state index in [1.54, 1.807) is 12.1 Å². The van der Waals surface area contributed by atoms with Crippen molar-refractivity contribution in [3.05, 3.63) is 29.3 Å². The minimum atomic E-state index is -0.520. The van der Waals surface area contributed by atoms with E-state index in [0.717, 1.165) is 6.42 Å². The van der Waals surface area contributed by atoms with Gasteiger partial charge in [0.15, 0.2) is 0 Å². The number of nitrogens with one attached hydrogen (secondary N) is 1. The van der Waals surface area contributed by atoms with E-state index in [0.29, 0.717) is 29.3 Å². The molecule has 2 N–H and O–H groups in total. The molecular formula is C16H26ClNO2. The van der Waals surface area contributed by atoms with E-state index >= 15 is 0 Å². The molecule has 1 aromatic rings. The zero-order valence-electron chi connectivity index (χ0n) is 12.6. The number of ether oxygens (including phenoxy) is 1. The van der Waals surface area contributed by atoms with Crippen LogP contribution in [-0.4, -0.2) is 30.4 Å². The minimum absolute atomic E-state index is 0.267. The molecule has 0 heterocycles. The number of halogens is 1. The first-order valence-corrected chi connectivity index (χ1v) is 7.68. The average molecular weight is 300 g/mol. The lowest BCUT2D eigenvalue weighted by Gasteiger charge is -2.20. The van der Waals surface area contributed by atoms with Crippen molar-refractivity contribution >= 4 is 11.6 Å². The highest BCUT2D eigenvalue weighted by atomic mass is 35.5. The Morgan fingerprint density at radius 1 is 1.35 bits per heavy atom. The van der Waals surface area contributed by atoms with Gasteiger partial charge in [-0.25, -0.2) is 0 Å². The topological polar surface area (TPSA) is 41.5 Å². The first kappa shape index (κ1) is 17.3. The number of rotatable bonds is 9. The SMILES string of the molecule is CCC(C)CC(C)NCC(O)COc1cccc(Cl)c1. The third kappa shape index (κ3) is 7.13. The van der Waals surface area contributed by atoms with Crippen molar-refractivity contribution in [1.29, 1.82) is 0 Å². The van der Waals surface area contributed by atoms with Crippen LogP contribution in [0.3, 0.4) is 0 Å². The molecule has 0 aliphatic rings. The number of aliphatic hydroxyl groups excluding tert-OH is 1. The molecule has 0 spiro atoms. The molecule has 1 rings (SSSR count). The molecule has 0 aliphatic heterocycles. The Bertz CT molecular complexity index is 386. The van der Waals surface area contributed by atoms with Crippen LogP contribution in [0.1, 0.15) is 33.6 Å². The Balaban J connectivity index is 2.21. The summed E-state index contributed by atoms with van der Waals surface area (Å²) < 4.78 is 5.51. The van der Waals surface area contributed by atoms with Crippen molar-refractivity contribution in [2.75, 3.05) is 13.2 Å². The van der Waals surface area contributed by atoms with Gasteiger partial charge in [0, 0.05) is 17.6 Å². The van der Waals surface area contributed by atoms with E-state index in [9.17, 15) is 5.11 Å². The van der Waals surface area contributed by atoms with E-state index in [1.165, 1.54) is 6.42 Å². The Hall–Kier alpha value is -0.770. The molecule has 0 fully saturated rings. The second-order valence-corrected chi connectivity index (χ2v) is 5.92. The smallest absolute Gasteiger partial charge is 0.120 e. The predicted molar refractivity (Wildman–Crippen MR) is 84.5 cm³/mol. The minimum Gasteiger partial charge on any atom is -0.491 e. The van der Waals surface area contributed by atoms with Crippen LogP contribution in [-0.2, 0) is 0 Å². The summed E-state index contributed by atoms with van der Waals surface area (Å²) in [7, 11) is 0. The summed E-state index contributed by atoms with van der Waals surface area (Å²) in [4.78, 5) is 0. The zero-order valence-corrected chi connectivity index (χ0v) is 13.4. The molecule has 4 heteroatoms. The van der Waals surface area contributed by atoms with Gasteiger partial charge in [-0.3, -0.25) is 0 Å². The Labute approximate surface area is 127 Å². The fourth-order valence-electron chi connectivity index (χ4n) is 2.00. The molecule has 0 radical (unpaired) electrons. The first-order chi connectivity index (χ1) is 9.51. The van der Waals surface area contributed by atoms with Gasteiger partial charge in [-0.05, 0) is 37.5 Å². The van der Waals surface area contributed by atoms with Crippen molar-refractivity contribution in [1.82, 2.24) is 5.32 Å². The summed E-state index contributed by atoms with van der Waals surface area (Å²) in [6.07, 6.45) is 1.79.